The van der Waals surface area contributed by atoms with Gasteiger partial charge in [-0.1, -0.05) is 31.7 Å². The first-order chi connectivity index (χ1) is 9.54. The van der Waals surface area contributed by atoms with Gasteiger partial charge in [0.15, 0.2) is 5.75 Å². The molecule has 1 saturated carbocycles. The average Bonchev–Trinajstić information content (AvgIpc) is 2.63. The number of nitro benzene ring substituents is 1. The van der Waals surface area contributed by atoms with Crippen LogP contribution in [-0.4, -0.2) is 17.6 Å². The van der Waals surface area contributed by atoms with Gasteiger partial charge in [0, 0.05) is 11.6 Å². The molecule has 5 nitrogen and oxygen atoms in total. The first kappa shape index (κ1) is 14.8. The van der Waals surface area contributed by atoms with Crippen molar-refractivity contribution in [1.29, 1.82) is 0 Å². The van der Waals surface area contributed by atoms with E-state index in [4.69, 9.17) is 10.5 Å². The highest BCUT2D eigenvalue weighted by Crippen LogP contribution is 2.32. The van der Waals surface area contributed by atoms with Crippen molar-refractivity contribution >= 4 is 5.69 Å². The molecule has 0 amide bonds. The molecule has 0 heterocycles. The molecular formula is C15H22N2O3. The molecule has 110 valence electrons. The van der Waals surface area contributed by atoms with Gasteiger partial charge < -0.3 is 10.5 Å². The topological polar surface area (TPSA) is 78.4 Å². The van der Waals surface area contributed by atoms with E-state index in [2.05, 4.69) is 0 Å². The molecule has 1 fully saturated rings. The molecule has 0 aromatic heterocycles. The van der Waals surface area contributed by atoms with Gasteiger partial charge in [-0.05, 0) is 30.9 Å². The van der Waals surface area contributed by atoms with Crippen molar-refractivity contribution < 1.29 is 9.66 Å². The van der Waals surface area contributed by atoms with Crippen LogP contribution in [0.25, 0.3) is 0 Å². The zero-order valence-corrected chi connectivity index (χ0v) is 11.9. The van der Waals surface area contributed by atoms with E-state index >= 15 is 0 Å². The molecule has 1 aromatic rings. The summed E-state index contributed by atoms with van der Waals surface area (Å²) in [6.45, 7) is 0. The van der Waals surface area contributed by atoms with Crippen molar-refractivity contribution in [2.45, 2.75) is 50.5 Å². The van der Waals surface area contributed by atoms with Crippen LogP contribution < -0.4 is 10.5 Å². The van der Waals surface area contributed by atoms with E-state index < -0.39 is 4.92 Å². The van der Waals surface area contributed by atoms with Crippen molar-refractivity contribution in [3.05, 3.63) is 33.9 Å². The fourth-order valence-electron chi connectivity index (χ4n) is 3.00. The number of benzene rings is 1. The fraction of sp³-hybridized carbons (Fsp3) is 0.600. The zero-order valence-electron chi connectivity index (χ0n) is 11.9. The van der Waals surface area contributed by atoms with E-state index in [9.17, 15) is 10.1 Å². The summed E-state index contributed by atoms with van der Waals surface area (Å²) in [5.41, 5.74) is 7.20. The maximum atomic E-state index is 11.1. The SMILES string of the molecule is COc1ccc(CC2(N)CCCCCC2)cc1[N+](=O)[O-]. The van der Waals surface area contributed by atoms with Crippen LogP contribution in [0.2, 0.25) is 0 Å². The van der Waals surface area contributed by atoms with Crippen molar-refractivity contribution in [2.24, 2.45) is 5.73 Å². The third-order valence-electron chi connectivity index (χ3n) is 4.10. The normalized spacial score (nSPS) is 18.3. The predicted molar refractivity (Wildman–Crippen MR) is 78.0 cm³/mol. The van der Waals surface area contributed by atoms with Crippen molar-refractivity contribution in [1.82, 2.24) is 0 Å². The molecule has 0 unspecified atom stereocenters. The summed E-state index contributed by atoms with van der Waals surface area (Å²) in [4.78, 5) is 10.7. The van der Waals surface area contributed by atoms with E-state index in [1.165, 1.54) is 20.0 Å². The van der Waals surface area contributed by atoms with E-state index in [0.29, 0.717) is 12.2 Å². The zero-order chi connectivity index (χ0) is 14.6. The summed E-state index contributed by atoms with van der Waals surface area (Å²) in [7, 11) is 1.44. The van der Waals surface area contributed by atoms with Gasteiger partial charge >= 0.3 is 5.69 Å². The van der Waals surface area contributed by atoms with E-state index in [-0.39, 0.29) is 11.2 Å². The highest BCUT2D eigenvalue weighted by atomic mass is 16.6. The van der Waals surface area contributed by atoms with Crippen LogP contribution in [0.1, 0.15) is 44.1 Å². The van der Waals surface area contributed by atoms with Crippen molar-refractivity contribution in [2.75, 3.05) is 7.11 Å². The highest BCUT2D eigenvalue weighted by Gasteiger charge is 2.27. The molecule has 1 aliphatic carbocycles. The molecule has 20 heavy (non-hydrogen) atoms. The third-order valence-corrected chi connectivity index (χ3v) is 4.10. The second-order valence-electron chi connectivity index (χ2n) is 5.72. The third kappa shape index (κ3) is 3.48. The number of nitrogens with zero attached hydrogens (tertiary/aromatic N) is 1. The Morgan fingerprint density at radius 3 is 2.50 bits per heavy atom. The number of rotatable bonds is 4. The first-order valence-corrected chi connectivity index (χ1v) is 7.14. The predicted octanol–water partition coefficient (Wildman–Crippen LogP) is 3.20. The second kappa shape index (κ2) is 6.22. The summed E-state index contributed by atoms with van der Waals surface area (Å²) in [6.07, 6.45) is 7.45. The number of methoxy groups -OCH3 is 1. The van der Waals surface area contributed by atoms with Crippen molar-refractivity contribution in [3.8, 4) is 5.75 Å². The number of hydrogen-bond donors (Lipinski definition) is 1. The van der Waals surface area contributed by atoms with Crippen LogP contribution in [0.3, 0.4) is 0 Å². The maximum absolute atomic E-state index is 11.1. The van der Waals surface area contributed by atoms with E-state index in [1.807, 2.05) is 6.07 Å². The van der Waals surface area contributed by atoms with Crippen LogP contribution in [0.5, 0.6) is 5.75 Å². The quantitative estimate of drug-likeness (QED) is 0.521. The minimum absolute atomic E-state index is 0.0159. The van der Waals surface area contributed by atoms with Crippen LogP contribution in [0, 0.1) is 10.1 Å². The molecule has 5 heteroatoms. The molecule has 2 rings (SSSR count). The van der Waals surface area contributed by atoms with Gasteiger partial charge in [0.2, 0.25) is 0 Å². The van der Waals surface area contributed by atoms with Crippen molar-refractivity contribution in [3.63, 3.8) is 0 Å². The van der Waals surface area contributed by atoms with Gasteiger partial charge in [0.05, 0.1) is 12.0 Å². The molecule has 0 radical (unpaired) electrons. The van der Waals surface area contributed by atoms with Gasteiger partial charge in [-0.2, -0.15) is 0 Å². The second-order valence-corrected chi connectivity index (χ2v) is 5.72. The molecule has 2 N–H and O–H groups in total. The van der Waals surface area contributed by atoms with Gasteiger partial charge in [-0.15, -0.1) is 0 Å². The van der Waals surface area contributed by atoms with Crippen LogP contribution in [0.15, 0.2) is 18.2 Å². The smallest absolute Gasteiger partial charge is 0.311 e. The molecule has 0 spiro atoms. The Labute approximate surface area is 119 Å². The lowest BCUT2D eigenvalue weighted by Crippen LogP contribution is -2.41. The molecule has 1 aliphatic rings. The summed E-state index contributed by atoms with van der Waals surface area (Å²) in [5, 5.41) is 11.1. The fourth-order valence-corrected chi connectivity index (χ4v) is 3.00. The highest BCUT2D eigenvalue weighted by molar-refractivity contribution is 5.49. The van der Waals surface area contributed by atoms with Gasteiger partial charge in [-0.25, -0.2) is 0 Å². The largest absolute Gasteiger partial charge is 0.490 e. The minimum atomic E-state index is -0.404. The summed E-state index contributed by atoms with van der Waals surface area (Å²) >= 11 is 0. The van der Waals surface area contributed by atoms with E-state index in [1.54, 1.807) is 12.1 Å². The Bertz CT molecular complexity index is 480. The summed E-state index contributed by atoms with van der Waals surface area (Å²) in [6, 6.07) is 5.14. The number of hydrogen-bond acceptors (Lipinski definition) is 4. The molecule has 0 aliphatic heterocycles. The number of nitro groups is 1. The van der Waals surface area contributed by atoms with Crippen LogP contribution >= 0.6 is 0 Å². The maximum Gasteiger partial charge on any atom is 0.311 e. The molecule has 0 saturated heterocycles. The standard InChI is InChI=1S/C15H22N2O3/c1-20-14-7-6-12(10-13(14)17(18)19)11-15(16)8-4-2-3-5-9-15/h6-7,10H,2-5,8-9,11,16H2,1H3. The Morgan fingerprint density at radius 2 is 1.95 bits per heavy atom. The summed E-state index contributed by atoms with van der Waals surface area (Å²) in [5.74, 6) is 0.297. The lowest BCUT2D eigenvalue weighted by molar-refractivity contribution is -0.385. The Balaban J connectivity index is 2.20. The Kier molecular flexibility index (Phi) is 4.60. The first-order valence-electron chi connectivity index (χ1n) is 7.14. The minimum Gasteiger partial charge on any atom is -0.490 e. The molecule has 1 aromatic carbocycles. The van der Waals surface area contributed by atoms with Crippen LogP contribution in [-0.2, 0) is 6.42 Å². The van der Waals surface area contributed by atoms with E-state index in [0.717, 1.165) is 31.2 Å². The molecule has 0 bridgehead atoms. The lowest BCUT2D eigenvalue weighted by Gasteiger charge is -2.28. The van der Waals surface area contributed by atoms with Gasteiger partial charge in [0.25, 0.3) is 0 Å². The Morgan fingerprint density at radius 1 is 1.30 bits per heavy atom. The average molecular weight is 278 g/mol. The lowest BCUT2D eigenvalue weighted by atomic mass is 9.85. The Hall–Kier alpha value is -1.62. The molecule has 0 atom stereocenters. The monoisotopic (exact) mass is 278 g/mol. The molecular weight excluding hydrogens is 256 g/mol. The number of ether oxygens (including phenoxy) is 1. The van der Waals surface area contributed by atoms with Gasteiger partial charge in [-0.3, -0.25) is 10.1 Å². The summed E-state index contributed by atoms with van der Waals surface area (Å²) < 4.78 is 5.02. The van der Waals surface area contributed by atoms with Gasteiger partial charge in [0.1, 0.15) is 0 Å². The number of nitrogens with two attached hydrogens (primary N) is 1. The van der Waals surface area contributed by atoms with Crippen LogP contribution in [0.4, 0.5) is 5.69 Å².